The van der Waals surface area contributed by atoms with Crippen LogP contribution in [0.4, 0.5) is 11.4 Å². The normalized spacial score (nSPS) is 16.4. The monoisotopic (exact) mass is 527 g/mol. The van der Waals surface area contributed by atoms with Crippen LogP contribution in [0.2, 0.25) is 0 Å². The minimum Gasteiger partial charge on any atom is -0.221 e. The van der Waals surface area contributed by atoms with Gasteiger partial charge in [-0.15, -0.1) is 0 Å². The molecule has 6 aromatic carbocycles. The van der Waals surface area contributed by atoms with E-state index >= 15 is 0 Å². The highest BCUT2D eigenvalue weighted by molar-refractivity contribution is 5.90. The zero-order valence-electron chi connectivity index (χ0n) is 22.8. The fourth-order valence-electron chi connectivity index (χ4n) is 6.11. The van der Waals surface area contributed by atoms with Gasteiger partial charge in [-0.1, -0.05) is 158 Å². The van der Waals surface area contributed by atoms with Crippen LogP contribution < -0.4 is 4.90 Å². The van der Waals surface area contributed by atoms with Gasteiger partial charge in [-0.25, -0.2) is 9.48 Å². The number of benzene rings is 6. The van der Waals surface area contributed by atoms with Crippen LogP contribution in [-0.2, 0) is 0 Å². The van der Waals surface area contributed by atoms with Gasteiger partial charge < -0.3 is 0 Å². The van der Waals surface area contributed by atoms with E-state index in [1.807, 2.05) is 0 Å². The van der Waals surface area contributed by atoms with E-state index in [1.54, 1.807) is 0 Å². The fraction of sp³-hybridized carbons (Fsp3) is 0.0513. The molecule has 0 saturated heterocycles. The summed E-state index contributed by atoms with van der Waals surface area (Å²) in [6.45, 7) is 0. The maximum Gasteiger partial charge on any atom is 0.245 e. The van der Waals surface area contributed by atoms with Crippen molar-refractivity contribution < 1.29 is 4.58 Å². The Kier molecular flexibility index (Phi) is 6.72. The van der Waals surface area contributed by atoms with Crippen molar-refractivity contribution in [1.82, 2.24) is 0 Å². The minimum atomic E-state index is 0.0484. The maximum absolute atomic E-state index is 2.48. The van der Waals surface area contributed by atoms with Crippen LogP contribution in [-0.4, -0.2) is 10.9 Å². The molecule has 2 heteroatoms. The molecule has 196 valence electrons. The van der Waals surface area contributed by atoms with Gasteiger partial charge in [0.05, 0.1) is 0 Å². The van der Waals surface area contributed by atoms with Crippen LogP contribution in [0, 0.1) is 0 Å². The molecule has 1 aliphatic heterocycles. The van der Waals surface area contributed by atoms with Crippen molar-refractivity contribution >= 4 is 17.7 Å². The molecule has 2 nitrogen and oxygen atoms in total. The molecule has 0 saturated carbocycles. The minimum absolute atomic E-state index is 0.0484. The number of anilines is 1. The number of para-hydroxylation sites is 2. The number of hydrogen-bond acceptors (Lipinski definition) is 1. The Morgan fingerprint density at radius 1 is 0.415 bits per heavy atom. The van der Waals surface area contributed by atoms with Gasteiger partial charge in [0.1, 0.15) is 11.4 Å². The van der Waals surface area contributed by atoms with E-state index in [1.165, 1.54) is 44.8 Å². The van der Waals surface area contributed by atoms with Gasteiger partial charge in [0.15, 0.2) is 12.1 Å². The van der Waals surface area contributed by atoms with Gasteiger partial charge >= 0.3 is 0 Å². The SMILES string of the molecule is C1=[N+](c2ccccc2-c2ccccc2)[C@H](c2ccccc2)[C@@H](c2ccccc2)N1c1ccccc1-c1ccccc1. The van der Waals surface area contributed by atoms with Crippen LogP contribution >= 0.6 is 0 Å². The summed E-state index contributed by atoms with van der Waals surface area (Å²) >= 11 is 0. The third-order valence-electron chi connectivity index (χ3n) is 7.96. The summed E-state index contributed by atoms with van der Waals surface area (Å²) in [6.07, 6.45) is 2.33. The molecule has 0 spiro atoms. The van der Waals surface area contributed by atoms with E-state index in [0.29, 0.717) is 0 Å². The largest absolute Gasteiger partial charge is 0.245 e. The predicted octanol–water partition coefficient (Wildman–Crippen LogP) is 9.70. The first-order valence-electron chi connectivity index (χ1n) is 14.2. The third kappa shape index (κ3) is 4.74. The molecule has 0 amide bonds. The lowest BCUT2D eigenvalue weighted by atomic mass is 9.91. The molecule has 0 fully saturated rings. The fourth-order valence-corrected chi connectivity index (χ4v) is 6.11. The second kappa shape index (κ2) is 11.1. The van der Waals surface area contributed by atoms with E-state index in [-0.39, 0.29) is 12.1 Å². The van der Waals surface area contributed by atoms with Gasteiger partial charge in [-0.2, -0.15) is 0 Å². The summed E-state index contributed by atoms with van der Waals surface area (Å²) in [6, 6.07) is 60.9. The van der Waals surface area contributed by atoms with Crippen molar-refractivity contribution in [3.63, 3.8) is 0 Å². The molecule has 41 heavy (non-hydrogen) atoms. The molecule has 0 radical (unpaired) electrons. The van der Waals surface area contributed by atoms with E-state index in [4.69, 9.17) is 0 Å². The molecule has 0 unspecified atom stereocenters. The summed E-state index contributed by atoms with van der Waals surface area (Å²) < 4.78 is 2.48. The Labute approximate surface area is 242 Å². The highest BCUT2D eigenvalue weighted by atomic mass is 15.3. The van der Waals surface area contributed by atoms with Gasteiger partial charge in [-0.05, 0) is 23.3 Å². The maximum atomic E-state index is 2.48. The average Bonchev–Trinajstić information content (AvgIpc) is 3.47. The summed E-state index contributed by atoms with van der Waals surface area (Å²) in [5.74, 6) is 0. The first-order chi connectivity index (χ1) is 20.4. The molecule has 0 aliphatic carbocycles. The summed E-state index contributed by atoms with van der Waals surface area (Å²) in [7, 11) is 0. The van der Waals surface area contributed by atoms with E-state index in [2.05, 4.69) is 186 Å². The lowest BCUT2D eigenvalue weighted by molar-refractivity contribution is -0.480. The average molecular weight is 528 g/mol. The van der Waals surface area contributed by atoms with Crippen molar-refractivity contribution in [2.45, 2.75) is 12.1 Å². The zero-order valence-corrected chi connectivity index (χ0v) is 22.8. The van der Waals surface area contributed by atoms with Crippen LogP contribution in [0.1, 0.15) is 23.2 Å². The molecule has 1 aliphatic rings. The quantitative estimate of drug-likeness (QED) is 0.195. The molecule has 0 bridgehead atoms. The van der Waals surface area contributed by atoms with Crippen LogP contribution in [0.5, 0.6) is 0 Å². The Hall–Kier alpha value is -5.21. The Bertz CT molecular complexity index is 1780. The Morgan fingerprint density at radius 2 is 0.878 bits per heavy atom. The molecule has 0 aromatic heterocycles. The van der Waals surface area contributed by atoms with E-state index in [0.717, 1.165) is 0 Å². The third-order valence-corrected chi connectivity index (χ3v) is 7.96. The van der Waals surface area contributed by atoms with Crippen molar-refractivity contribution in [3.05, 3.63) is 181 Å². The van der Waals surface area contributed by atoms with Gasteiger partial charge in [0.2, 0.25) is 6.34 Å². The van der Waals surface area contributed by atoms with Gasteiger partial charge in [0.25, 0.3) is 0 Å². The smallest absolute Gasteiger partial charge is 0.221 e. The molecule has 2 atom stereocenters. The Balaban J connectivity index is 1.49. The molecular formula is C39H31N2+. The molecule has 6 aromatic rings. The van der Waals surface area contributed by atoms with E-state index < -0.39 is 0 Å². The lowest BCUT2D eigenvalue weighted by Gasteiger charge is -2.25. The van der Waals surface area contributed by atoms with Crippen molar-refractivity contribution in [2.75, 3.05) is 4.90 Å². The summed E-state index contributed by atoms with van der Waals surface area (Å²) in [5, 5.41) is 0. The molecule has 0 N–H and O–H groups in total. The van der Waals surface area contributed by atoms with Crippen molar-refractivity contribution in [1.29, 1.82) is 0 Å². The summed E-state index contributed by atoms with van der Waals surface area (Å²) in [5.41, 5.74) is 9.79. The topological polar surface area (TPSA) is 6.25 Å². The number of rotatable bonds is 6. The number of hydrogen-bond donors (Lipinski definition) is 0. The first-order valence-corrected chi connectivity index (χ1v) is 14.2. The first kappa shape index (κ1) is 24.8. The lowest BCUT2D eigenvalue weighted by Crippen LogP contribution is -2.26. The van der Waals surface area contributed by atoms with Crippen LogP contribution in [0.3, 0.4) is 0 Å². The van der Waals surface area contributed by atoms with Gasteiger partial charge in [-0.3, -0.25) is 0 Å². The molecular weight excluding hydrogens is 496 g/mol. The number of nitrogens with zero attached hydrogens (tertiary/aromatic N) is 2. The molecule has 7 rings (SSSR count). The molecule has 1 heterocycles. The zero-order chi connectivity index (χ0) is 27.4. The standard InChI is InChI=1S/C39H31N2/c1-5-17-30(18-6-1)34-25-13-15-27-36(34)40-29-41(37-28-16-14-26-35(37)31-19-7-2-8-20-31)39(33-23-11-4-12-24-33)38(40)32-21-9-3-10-22-32/h1-29,38-39H/q+1/t38-,39-/m1/s1. The van der Waals surface area contributed by atoms with Crippen molar-refractivity contribution in [3.8, 4) is 22.3 Å². The van der Waals surface area contributed by atoms with Crippen LogP contribution in [0.15, 0.2) is 170 Å². The highest BCUT2D eigenvalue weighted by Crippen LogP contribution is 2.48. The van der Waals surface area contributed by atoms with Crippen LogP contribution in [0.25, 0.3) is 22.3 Å². The van der Waals surface area contributed by atoms with E-state index in [9.17, 15) is 0 Å². The Morgan fingerprint density at radius 3 is 1.51 bits per heavy atom. The highest BCUT2D eigenvalue weighted by Gasteiger charge is 2.46. The van der Waals surface area contributed by atoms with Gasteiger partial charge in [0, 0.05) is 22.3 Å². The van der Waals surface area contributed by atoms with Crippen molar-refractivity contribution in [2.24, 2.45) is 0 Å². The second-order valence-corrected chi connectivity index (χ2v) is 10.4. The second-order valence-electron chi connectivity index (χ2n) is 10.4. The predicted molar refractivity (Wildman–Crippen MR) is 171 cm³/mol. The summed E-state index contributed by atoms with van der Waals surface area (Å²) in [4.78, 5) is 2.48.